The molecule has 8 heteroatoms. The molecule has 1 aromatic heterocycles. The number of thiazole rings is 1. The van der Waals surface area contributed by atoms with Gasteiger partial charge in [0, 0.05) is 30.3 Å². The lowest BCUT2D eigenvalue weighted by molar-refractivity contribution is -0.124. The fraction of sp³-hybridized carbons (Fsp3) is 0.375. The van der Waals surface area contributed by atoms with Crippen molar-refractivity contribution in [3.05, 3.63) is 53.1 Å². The van der Waals surface area contributed by atoms with E-state index < -0.39 is 5.92 Å². The summed E-state index contributed by atoms with van der Waals surface area (Å²) in [7, 11) is 0. The summed E-state index contributed by atoms with van der Waals surface area (Å²) in [4.78, 5) is 34.7. The molecule has 0 spiro atoms. The van der Waals surface area contributed by atoms with Gasteiger partial charge in [0.1, 0.15) is 0 Å². The number of hydrogen-bond donors (Lipinski definition) is 0. The maximum atomic E-state index is 13.7. The summed E-state index contributed by atoms with van der Waals surface area (Å²) >= 11 is 7.70. The van der Waals surface area contributed by atoms with Crippen molar-refractivity contribution >= 4 is 55.8 Å². The van der Waals surface area contributed by atoms with Crippen molar-refractivity contribution in [1.29, 1.82) is 0 Å². The van der Waals surface area contributed by atoms with Crippen LogP contribution in [0.15, 0.2) is 42.5 Å². The number of anilines is 2. The average Bonchev–Trinajstić information content (AvgIpc) is 3.52. The maximum Gasteiger partial charge on any atom is 0.234 e. The topological polar surface area (TPSA) is 62.7 Å². The molecule has 2 aliphatic heterocycles. The first-order valence-corrected chi connectivity index (χ1v) is 12.0. The van der Waals surface area contributed by atoms with E-state index in [1.807, 2.05) is 49.4 Å². The quantitative estimate of drug-likeness (QED) is 0.537. The number of carbonyl (C=O) groups excluding carboxylic acids is 2. The van der Waals surface area contributed by atoms with Crippen molar-refractivity contribution in [2.45, 2.75) is 32.3 Å². The molecule has 3 aromatic rings. The number of hydrogen-bond acceptors (Lipinski definition) is 5. The van der Waals surface area contributed by atoms with E-state index >= 15 is 0 Å². The minimum Gasteiger partial charge on any atom is -0.376 e. The number of halogens is 1. The lowest BCUT2D eigenvalue weighted by Gasteiger charge is -2.25. The Balaban J connectivity index is 1.45. The average molecular weight is 470 g/mol. The minimum absolute atomic E-state index is 0.0158. The van der Waals surface area contributed by atoms with Crippen LogP contribution in [0.2, 0.25) is 5.02 Å². The van der Waals surface area contributed by atoms with Gasteiger partial charge in [0.2, 0.25) is 11.8 Å². The van der Waals surface area contributed by atoms with Crippen LogP contribution in [0.5, 0.6) is 0 Å². The lowest BCUT2D eigenvalue weighted by Crippen LogP contribution is -2.42. The molecule has 2 fully saturated rings. The number of ether oxygens (including phenoxy) is 1. The van der Waals surface area contributed by atoms with Gasteiger partial charge in [0.05, 0.1) is 28.8 Å². The van der Waals surface area contributed by atoms with Crippen LogP contribution in [0.4, 0.5) is 10.8 Å². The highest BCUT2D eigenvalue weighted by atomic mass is 35.5. The first-order valence-electron chi connectivity index (χ1n) is 10.8. The number of fused-ring (bicyclic) bond motifs is 1. The standard InChI is InChI=1S/C24H24ClN3O3S/c1-15-10-17(25)12-20-22(15)26-24(32-20)28(14-19-8-5-9-31-19)23(30)16-11-21(29)27(13-16)18-6-3-2-4-7-18/h2-4,6-7,10,12,16,19H,5,8-9,11,13-14H2,1H3. The molecule has 2 saturated heterocycles. The zero-order valence-corrected chi connectivity index (χ0v) is 19.4. The fourth-order valence-electron chi connectivity index (χ4n) is 4.46. The molecule has 0 aliphatic carbocycles. The van der Waals surface area contributed by atoms with Crippen LogP contribution in [0.3, 0.4) is 0 Å². The predicted octanol–water partition coefficient (Wildman–Crippen LogP) is 4.82. The predicted molar refractivity (Wildman–Crippen MR) is 128 cm³/mol. The molecule has 32 heavy (non-hydrogen) atoms. The van der Waals surface area contributed by atoms with Gasteiger partial charge in [-0.25, -0.2) is 4.98 Å². The molecule has 2 aliphatic rings. The zero-order valence-electron chi connectivity index (χ0n) is 17.8. The number of aryl methyl sites for hydroxylation is 1. The van der Waals surface area contributed by atoms with Gasteiger partial charge in [-0.05, 0) is 49.6 Å². The number of nitrogens with zero attached hydrogens (tertiary/aromatic N) is 3. The Hall–Kier alpha value is -2.48. The SMILES string of the molecule is Cc1cc(Cl)cc2sc(N(CC3CCCO3)C(=O)C3CC(=O)N(c4ccccc4)C3)nc12. The van der Waals surface area contributed by atoms with E-state index in [2.05, 4.69) is 0 Å². The van der Waals surface area contributed by atoms with Gasteiger partial charge in [-0.15, -0.1) is 0 Å². The van der Waals surface area contributed by atoms with Gasteiger partial charge >= 0.3 is 0 Å². The molecule has 2 atom stereocenters. The summed E-state index contributed by atoms with van der Waals surface area (Å²) in [6.45, 7) is 3.50. The molecule has 0 bridgehead atoms. The molecule has 6 nitrogen and oxygen atoms in total. The van der Waals surface area contributed by atoms with Gasteiger partial charge in [-0.1, -0.05) is 41.1 Å². The van der Waals surface area contributed by atoms with Crippen LogP contribution in [-0.2, 0) is 14.3 Å². The summed E-state index contributed by atoms with van der Waals surface area (Å²) in [6, 6.07) is 13.3. The number of benzene rings is 2. The fourth-order valence-corrected chi connectivity index (χ4v) is 5.90. The first-order chi connectivity index (χ1) is 15.5. The smallest absolute Gasteiger partial charge is 0.234 e. The molecular formula is C24H24ClN3O3S. The monoisotopic (exact) mass is 469 g/mol. The molecule has 0 saturated carbocycles. The van der Waals surface area contributed by atoms with E-state index in [1.54, 1.807) is 9.80 Å². The van der Waals surface area contributed by atoms with Crippen molar-refractivity contribution in [3.8, 4) is 0 Å². The normalized spacial score (nSPS) is 20.9. The Morgan fingerprint density at radius 3 is 2.88 bits per heavy atom. The second-order valence-electron chi connectivity index (χ2n) is 8.39. The largest absolute Gasteiger partial charge is 0.376 e. The number of aromatic nitrogens is 1. The molecule has 2 unspecified atom stereocenters. The summed E-state index contributed by atoms with van der Waals surface area (Å²) in [5.74, 6) is -0.519. The highest BCUT2D eigenvalue weighted by Crippen LogP contribution is 2.35. The van der Waals surface area contributed by atoms with E-state index in [0.717, 1.165) is 34.3 Å². The van der Waals surface area contributed by atoms with Crippen LogP contribution < -0.4 is 9.80 Å². The van der Waals surface area contributed by atoms with Gasteiger partial charge in [-0.2, -0.15) is 0 Å². The van der Waals surface area contributed by atoms with Gasteiger partial charge in [0.25, 0.3) is 0 Å². The molecule has 0 N–H and O–H groups in total. The Kier molecular flexibility index (Phi) is 5.88. The molecule has 166 valence electrons. The van der Waals surface area contributed by atoms with E-state index in [1.165, 1.54) is 11.3 Å². The van der Waals surface area contributed by atoms with Crippen molar-refractivity contribution in [2.24, 2.45) is 5.92 Å². The van der Waals surface area contributed by atoms with Gasteiger partial charge in [-0.3, -0.25) is 14.5 Å². The first kappa shape index (κ1) is 21.4. The summed E-state index contributed by atoms with van der Waals surface area (Å²) < 4.78 is 6.78. The van der Waals surface area contributed by atoms with E-state index in [4.69, 9.17) is 21.3 Å². The zero-order chi connectivity index (χ0) is 22.2. The van der Waals surface area contributed by atoms with E-state index in [0.29, 0.717) is 29.9 Å². The molecular weight excluding hydrogens is 446 g/mol. The van der Waals surface area contributed by atoms with Crippen LogP contribution in [0, 0.1) is 12.8 Å². The summed E-state index contributed by atoms with van der Waals surface area (Å²) in [6.07, 6.45) is 2.09. The Morgan fingerprint density at radius 1 is 1.31 bits per heavy atom. The van der Waals surface area contributed by atoms with Crippen molar-refractivity contribution in [1.82, 2.24) is 4.98 Å². The minimum atomic E-state index is -0.416. The summed E-state index contributed by atoms with van der Waals surface area (Å²) in [5.41, 5.74) is 2.66. The second-order valence-corrected chi connectivity index (χ2v) is 9.84. The third-order valence-corrected chi connectivity index (χ3v) is 7.33. The number of para-hydroxylation sites is 1. The number of amides is 2. The Labute approximate surface area is 195 Å². The molecule has 2 aromatic carbocycles. The van der Waals surface area contributed by atoms with Crippen LogP contribution in [-0.4, -0.2) is 42.6 Å². The molecule has 3 heterocycles. The van der Waals surface area contributed by atoms with E-state index in [9.17, 15) is 9.59 Å². The lowest BCUT2D eigenvalue weighted by atomic mass is 10.1. The highest BCUT2D eigenvalue weighted by Gasteiger charge is 2.39. The Morgan fingerprint density at radius 2 is 2.12 bits per heavy atom. The number of rotatable bonds is 5. The van der Waals surface area contributed by atoms with Gasteiger partial charge < -0.3 is 9.64 Å². The maximum absolute atomic E-state index is 13.7. The second kappa shape index (κ2) is 8.81. The third-order valence-electron chi connectivity index (χ3n) is 6.09. The van der Waals surface area contributed by atoms with E-state index in [-0.39, 0.29) is 24.3 Å². The highest BCUT2D eigenvalue weighted by molar-refractivity contribution is 7.22. The van der Waals surface area contributed by atoms with Crippen molar-refractivity contribution < 1.29 is 14.3 Å². The summed E-state index contributed by atoms with van der Waals surface area (Å²) in [5, 5.41) is 1.29. The van der Waals surface area contributed by atoms with Crippen molar-refractivity contribution in [2.75, 3.05) is 29.5 Å². The molecule has 2 amide bonds. The molecule has 0 radical (unpaired) electrons. The Bertz CT molecular complexity index is 1160. The van der Waals surface area contributed by atoms with Crippen LogP contribution >= 0.6 is 22.9 Å². The van der Waals surface area contributed by atoms with Crippen LogP contribution in [0.1, 0.15) is 24.8 Å². The molecule has 5 rings (SSSR count). The number of carbonyl (C=O) groups is 2. The van der Waals surface area contributed by atoms with Gasteiger partial charge in [0.15, 0.2) is 5.13 Å². The van der Waals surface area contributed by atoms with Crippen molar-refractivity contribution in [3.63, 3.8) is 0 Å². The third kappa shape index (κ3) is 4.12. The van der Waals surface area contributed by atoms with Crippen LogP contribution in [0.25, 0.3) is 10.2 Å².